The molecule has 2 aromatic carbocycles. The smallest absolute Gasteiger partial charge is 0.315 e. The molecule has 1 aliphatic carbocycles. The molecule has 5 rings (SSSR count). The third-order valence-corrected chi connectivity index (χ3v) is 11.1. The molecule has 230 valence electrons. The van der Waals surface area contributed by atoms with Gasteiger partial charge in [0, 0.05) is 35.7 Å². The zero-order chi connectivity index (χ0) is 30.9. The van der Waals surface area contributed by atoms with Crippen molar-refractivity contribution in [2.75, 3.05) is 11.4 Å². The quantitative estimate of drug-likeness (QED) is 0.314. The SMILES string of the molecule is Cc1c(F)c(=O)n(F)c2ccc(N3[C@@H](CCNC(=O)C=Cc4ccc(S(=O)(=O)C5CCCCC5)cc4)CC[C@H]3C)c(F)c12. The second-order valence-electron chi connectivity index (χ2n) is 11.6. The maximum absolute atomic E-state index is 15.7. The van der Waals surface area contributed by atoms with Crippen molar-refractivity contribution in [1.82, 2.24) is 10.1 Å². The Morgan fingerprint density at radius 2 is 1.70 bits per heavy atom. The molecule has 2 atom stereocenters. The Bertz CT molecular complexity index is 1710. The topological polar surface area (TPSA) is 88.5 Å². The molecule has 3 aromatic rings. The van der Waals surface area contributed by atoms with Crippen molar-refractivity contribution in [3.8, 4) is 0 Å². The van der Waals surface area contributed by atoms with Gasteiger partial charge in [-0.05, 0) is 81.9 Å². The van der Waals surface area contributed by atoms with Crippen LogP contribution < -0.4 is 15.8 Å². The molecule has 2 fully saturated rings. The number of hydrogen-bond donors (Lipinski definition) is 1. The van der Waals surface area contributed by atoms with Gasteiger partial charge < -0.3 is 10.2 Å². The molecule has 1 aromatic heterocycles. The van der Waals surface area contributed by atoms with E-state index in [0.717, 1.165) is 32.1 Å². The lowest BCUT2D eigenvalue weighted by molar-refractivity contribution is -0.116. The van der Waals surface area contributed by atoms with E-state index in [-0.39, 0.29) is 50.2 Å². The molecule has 0 bridgehead atoms. The Morgan fingerprint density at radius 1 is 1.00 bits per heavy atom. The van der Waals surface area contributed by atoms with Crippen LogP contribution in [0.5, 0.6) is 0 Å². The summed E-state index contributed by atoms with van der Waals surface area (Å²) in [6, 6.07) is 9.08. The molecule has 0 spiro atoms. The third-order valence-electron chi connectivity index (χ3n) is 8.85. The highest BCUT2D eigenvalue weighted by atomic mass is 32.2. The van der Waals surface area contributed by atoms with Gasteiger partial charge in [0.1, 0.15) is 0 Å². The number of pyridine rings is 1. The summed E-state index contributed by atoms with van der Waals surface area (Å²) in [4.78, 5) is 26.1. The number of fused-ring (bicyclic) bond motifs is 1. The van der Waals surface area contributed by atoms with Gasteiger partial charge in [-0.25, -0.2) is 17.2 Å². The third kappa shape index (κ3) is 6.09. The number of carbonyl (C=O) groups is 1. The van der Waals surface area contributed by atoms with Crippen LogP contribution in [-0.2, 0) is 14.6 Å². The molecule has 1 aliphatic heterocycles. The number of anilines is 1. The minimum Gasteiger partial charge on any atom is -0.363 e. The van der Waals surface area contributed by atoms with Crippen molar-refractivity contribution in [3.63, 3.8) is 0 Å². The molecule has 1 saturated carbocycles. The number of aromatic nitrogens is 1. The molecule has 1 saturated heterocycles. The fourth-order valence-corrected chi connectivity index (χ4v) is 8.31. The zero-order valence-electron chi connectivity index (χ0n) is 24.3. The lowest BCUT2D eigenvalue weighted by atomic mass is 10.0. The van der Waals surface area contributed by atoms with Crippen LogP contribution >= 0.6 is 0 Å². The van der Waals surface area contributed by atoms with Crippen molar-refractivity contribution >= 4 is 38.4 Å². The van der Waals surface area contributed by atoms with Crippen LogP contribution in [0.4, 0.5) is 18.9 Å². The van der Waals surface area contributed by atoms with E-state index in [1.165, 1.54) is 25.1 Å². The van der Waals surface area contributed by atoms with Gasteiger partial charge in [0.25, 0.3) is 0 Å². The van der Waals surface area contributed by atoms with Crippen molar-refractivity contribution in [1.29, 1.82) is 0 Å². The first-order valence-corrected chi connectivity index (χ1v) is 16.3. The highest BCUT2D eigenvalue weighted by molar-refractivity contribution is 7.92. The van der Waals surface area contributed by atoms with Crippen LogP contribution in [0.25, 0.3) is 17.0 Å². The van der Waals surface area contributed by atoms with Gasteiger partial charge in [-0.2, -0.15) is 0 Å². The van der Waals surface area contributed by atoms with E-state index >= 15 is 4.39 Å². The first kappa shape index (κ1) is 30.8. The van der Waals surface area contributed by atoms with Crippen molar-refractivity contribution in [2.45, 2.75) is 87.4 Å². The summed E-state index contributed by atoms with van der Waals surface area (Å²) < 4.78 is 70.2. The molecule has 0 radical (unpaired) electrons. The van der Waals surface area contributed by atoms with Gasteiger partial charge >= 0.3 is 5.56 Å². The van der Waals surface area contributed by atoms with Gasteiger partial charge in [-0.15, -0.1) is 4.79 Å². The van der Waals surface area contributed by atoms with Crippen LogP contribution in [0.1, 0.15) is 69.4 Å². The van der Waals surface area contributed by atoms with Crippen LogP contribution in [0.3, 0.4) is 0 Å². The summed E-state index contributed by atoms with van der Waals surface area (Å²) in [5, 5.41) is 2.24. The summed E-state index contributed by atoms with van der Waals surface area (Å²) in [7, 11) is -3.36. The molecule has 43 heavy (non-hydrogen) atoms. The first-order valence-electron chi connectivity index (χ1n) is 14.8. The highest BCUT2D eigenvalue weighted by Gasteiger charge is 2.33. The van der Waals surface area contributed by atoms with E-state index in [2.05, 4.69) is 5.32 Å². The number of rotatable bonds is 8. The minimum atomic E-state index is -3.36. The Kier molecular flexibility index (Phi) is 9.01. The monoisotopic (exact) mass is 615 g/mol. The summed E-state index contributed by atoms with van der Waals surface area (Å²) in [5.74, 6) is -2.43. The molecule has 2 aliphatic rings. The molecule has 7 nitrogen and oxygen atoms in total. The van der Waals surface area contributed by atoms with Crippen LogP contribution in [0, 0.1) is 18.6 Å². The average Bonchev–Trinajstić information content (AvgIpc) is 3.37. The second kappa shape index (κ2) is 12.6. The van der Waals surface area contributed by atoms with E-state index in [9.17, 15) is 26.9 Å². The van der Waals surface area contributed by atoms with Gasteiger partial charge in [-0.3, -0.25) is 9.59 Å². The number of nitrogens with one attached hydrogen (secondary N) is 1. The first-order chi connectivity index (χ1) is 20.5. The average molecular weight is 616 g/mol. The number of hydrogen-bond acceptors (Lipinski definition) is 5. The van der Waals surface area contributed by atoms with Crippen LogP contribution in [0.15, 0.2) is 52.2 Å². The lowest BCUT2D eigenvalue weighted by Crippen LogP contribution is -2.37. The maximum Gasteiger partial charge on any atom is 0.315 e. The normalized spacial score (nSPS) is 19.9. The molecule has 2 heterocycles. The molecule has 1 N–H and O–H groups in total. The molecular formula is C32H36F3N3O4S. The largest absolute Gasteiger partial charge is 0.363 e. The number of benzene rings is 2. The van der Waals surface area contributed by atoms with Gasteiger partial charge in [0.15, 0.2) is 21.5 Å². The van der Waals surface area contributed by atoms with Crippen molar-refractivity contribution in [2.24, 2.45) is 0 Å². The Morgan fingerprint density at radius 3 is 2.40 bits per heavy atom. The molecule has 0 unspecified atom stereocenters. The summed E-state index contributed by atoms with van der Waals surface area (Å²) in [6.45, 7) is 3.52. The van der Waals surface area contributed by atoms with Crippen LogP contribution in [-0.4, -0.2) is 43.0 Å². The standard InChI is InChI=1S/C32H36F3N3O4S/c1-20-8-12-23(37(20)27-16-15-26-29(31(27)34)21(2)30(33)32(40)38(26)35)18-19-36-28(39)17-11-22-9-13-25(14-10-22)43(41,42)24-6-4-3-5-7-24/h9-11,13-17,20,23-24H,3-8,12,18-19H2,1-2H3,(H,36,39)/t20-,23-/m1/s1. The minimum absolute atomic E-state index is 0.0427. The van der Waals surface area contributed by atoms with E-state index in [0.29, 0.717) is 36.3 Å². The predicted octanol–water partition coefficient (Wildman–Crippen LogP) is 6.00. The fraction of sp³-hybridized carbons (Fsp3) is 0.438. The van der Waals surface area contributed by atoms with Crippen LogP contribution in [0.2, 0.25) is 0 Å². The van der Waals surface area contributed by atoms with E-state index in [1.807, 2.05) is 11.8 Å². The number of sulfone groups is 1. The number of carbonyl (C=O) groups excluding carboxylic acids is 1. The number of amides is 1. The molecule has 11 heteroatoms. The molecule has 1 amide bonds. The van der Waals surface area contributed by atoms with Gasteiger partial charge in [-0.1, -0.05) is 35.9 Å². The predicted molar refractivity (Wildman–Crippen MR) is 161 cm³/mol. The fourth-order valence-electron chi connectivity index (χ4n) is 6.46. The van der Waals surface area contributed by atoms with Crippen molar-refractivity contribution in [3.05, 3.63) is 75.6 Å². The number of nitrogens with zero attached hydrogens (tertiary/aromatic N) is 2. The van der Waals surface area contributed by atoms with Gasteiger partial charge in [0.2, 0.25) is 5.91 Å². The Balaban J connectivity index is 1.21. The number of halogens is 3. The highest BCUT2D eigenvalue weighted by Crippen LogP contribution is 2.37. The van der Waals surface area contributed by atoms with E-state index in [4.69, 9.17) is 0 Å². The summed E-state index contributed by atoms with van der Waals surface area (Å²) >= 11 is 0. The summed E-state index contributed by atoms with van der Waals surface area (Å²) in [6.07, 6.45) is 9.38. The maximum atomic E-state index is 15.7. The summed E-state index contributed by atoms with van der Waals surface area (Å²) in [5.41, 5.74) is -1.12. The lowest BCUT2D eigenvalue weighted by Gasteiger charge is -2.31. The Hall–Kier alpha value is -3.60. The number of aryl methyl sites for hydroxylation is 1. The second-order valence-corrected chi connectivity index (χ2v) is 13.8. The molecular weight excluding hydrogens is 579 g/mol. The zero-order valence-corrected chi connectivity index (χ0v) is 25.1. The van der Waals surface area contributed by atoms with Crippen molar-refractivity contribution < 1.29 is 26.5 Å². The van der Waals surface area contributed by atoms with E-state index < -0.39 is 27.0 Å². The van der Waals surface area contributed by atoms with E-state index in [1.54, 1.807) is 30.3 Å². The van der Waals surface area contributed by atoms with Gasteiger partial charge in [0.05, 0.1) is 21.3 Å². The Labute approximate surface area is 249 Å².